The Labute approximate surface area is 164 Å². The van der Waals surface area contributed by atoms with Crippen molar-refractivity contribution in [3.05, 3.63) is 64.5 Å². The minimum Gasteiger partial charge on any atom is -0.449 e. The van der Waals surface area contributed by atoms with Gasteiger partial charge in [0, 0.05) is 21.7 Å². The summed E-state index contributed by atoms with van der Waals surface area (Å²) < 4.78 is 5.19. The Morgan fingerprint density at radius 2 is 1.96 bits per heavy atom. The number of esters is 1. The van der Waals surface area contributed by atoms with Crippen molar-refractivity contribution in [2.75, 3.05) is 11.1 Å². The lowest BCUT2D eigenvalue weighted by molar-refractivity contribution is -0.123. The molecule has 1 amide bonds. The van der Waals surface area contributed by atoms with Crippen LogP contribution in [0, 0.1) is 0 Å². The van der Waals surface area contributed by atoms with E-state index in [0.717, 1.165) is 11.3 Å². The number of ether oxygens (including phenoxy) is 1. The van der Waals surface area contributed by atoms with Crippen molar-refractivity contribution >= 4 is 45.6 Å². The topological polar surface area (TPSA) is 94.3 Å². The summed E-state index contributed by atoms with van der Waals surface area (Å²) in [5.74, 6) is -1.09. The summed E-state index contributed by atoms with van der Waals surface area (Å²) in [6, 6.07) is 13.6. The molecule has 0 aliphatic rings. The molecule has 3 N–H and O–H groups in total. The number of hydrogen-bond donors (Lipinski definition) is 2. The van der Waals surface area contributed by atoms with E-state index in [1.54, 1.807) is 30.3 Å². The van der Waals surface area contributed by atoms with E-state index in [1.807, 2.05) is 17.5 Å². The molecule has 0 radical (unpaired) electrons. The maximum absolute atomic E-state index is 12.3. The lowest BCUT2D eigenvalue weighted by Crippen LogP contribution is -2.30. The number of nitrogens with zero attached hydrogens (tertiary/aromatic N) is 1. The summed E-state index contributed by atoms with van der Waals surface area (Å²) >= 11 is 7.16. The number of carbonyl (C=O) groups is 2. The summed E-state index contributed by atoms with van der Waals surface area (Å²) in [5.41, 5.74) is 7.98. The molecule has 8 heteroatoms. The van der Waals surface area contributed by atoms with Gasteiger partial charge < -0.3 is 10.5 Å². The van der Waals surface area contributed by atoms with Crippen molar-refractivity contribution in [2.24, 2.45) is 0 Å². The molecule has 1 heterocycles. The van der Waals surface area contributed by atoms with Crippen molar-refractivity contribution in [1.82, 2.24) is 4.98 Å². The predicted octanol–water partition coefficient (Wildman–Crippen LogP) is 4.23. The number of nitrogen functional groups attached to an aromatic ring is 1. The van der Waals surface area contributed by atoms with Gasteiger partial charge in [-0.1, -0.05) is 29.8 Å². The van der Waals surface area contributed by atoms with Crippen LogP contribution >= 0.6 is 22.9 Å². The molecule has 1 unspecified atom stereocenters. The third-order valence-electron chi connectivity index (χ3n) is 3.65. The van der Waals surface area contributed by atoms with Gasteiger partial charge in [-0.2, -0.15) is 0 Å². The Morgan fingerprint density at radius 1 is 1.22 bits per heavy atom. The molecule has 0 saturated heterocycles. The van der Waals surface area contributed by atoms with Crippen molar-refractivity contribution in [1.29, 1.82) is 0 Å². The first-order valence-corrected chi connectivity index (χ1v) is 9.27. The molecule has 0 saturated carbocycles. The number of aromatic nitrogens is 1. The number of nitrogens with two attached hydrogens (primary N) is 1. The molecule has 3 rings (SSSR count). The molecule has 1 atom stereocenters. The van der Waals surface area contributed by atoms with E-state index < -0.39 is 18.0 Å². The van der Waals surface area contributed by atoms with Crippen LogP contribution < -0.4 is 11.1 Å². The van der Waals surface area contributed by atoms with Crippen LogP contribution in [-0.4, -0.2) is 23.0 Å². The number of benzene rings is 2. The molecule has 2 aromatic carbocycles. The fourth-order valence-electron chi connectivity index (χ4n) is 2.24. The first-order valence-electron chi connectivity index (χ1n) is 8.01. The highest BCUT2D eigenvalue weighted by atomic mass is 35.5. The van der Waals surface area contributed by atoms with Gasteiger partial charge in [0.1, 0.15) is 0 Å². The molecule has 0 fully saturated rings. The monoisotopic (exact) mass is 401 g/mol. The quantitative estimate of drug-likeness (QED) is 0.492. The summed E-state index contributed by atoms with van der Waals surface area (Å²) in [5, 5.41) is 5.52. The van der Waals surface area contributed by atoms with Gasteiger partial charge >= 0.3 is 5.97 Å². The molecule has 1 aromatic heterocycles. The molecule has 3 aromatic rings. The number of thiazole rings is 1. The Hall–Kier alpha value is -2.90. The Morgan fingerprint density at radius 3 is 2.67 bits per heavy atom. The first-order chi connectivity index (χ1) is 12.9. The van der Waals surface area contributed by atoms with E-state index in [2.05, 4.69) is 10.3 Å². The number of anilines is 2. The Kier molecular flexibility index (Phi) is 5.73. The van der Waals surface area contributed by atoms with Crippen LogP contribution in [0.2, 0.25) is 5.02 Å². The maximum atomic E-state index is 12.3. The van der Waals surface area contributed by atoms with Gasteiger partial charge in [-0.3, -0.25) is 10.1 Å². The van der Waals surface area contributed by atoms with Crippen LogP contribution in [0.4, 0.5) is 10.8 Å². The lowest BCUT2D eigenvalue weighted by Gasteiger charge is -2.12. The van der Waals surface area contributed by atoms with Gasteiger partial charge in [-0.05, 0) is 37.3 Å². The van der Waals surface area contributed by atoms with E-state index in [0.29, 0.717) is 15.8 Å². The van der Waals surface area contributed by atoms with E-state index >= 15 is 0 Å². The fraction of sp³-hybridized carbons (Fsp3) is 0.105. The zero-order valence-electron chi connectivity index (χ0n) is 14.3. The highest BCUT2D eigenvalue weighted by molar-refractivity contribution is 7.14. The van der Waals surface area contributed by atoms with Gasteiger partial charge in [-0.15, -0.1) is 11.3 Å². The molecule has 0 aliphatic heterocycles. The molecule has 0 bridgehead atoms. The second-order valence-corrected chi connectivity index (χ2v) is 7.00. The predicted molar refractivity (Wildman–Crippen MR) is 107 cm³/mol. The normalized spacial score (nSPS) is 11.6. The number of halogens is 1. The molecule has 6 nitrogen and oxygen atoms in total. The molecule has 0 aliphatic carbocycles. The largest absolute Gasteiger partial charge is 0.449 e. The van der Waals surface area contributed by atoms with Crippen LogP contribution in [0.25, 0.3) is 11.3 Å². The van der Waals surface area contributed by atoms with Crippen molar-refractivity contribution in [2.45, 2.75) is 13.0 Å². The average Bonchev–Trinajstić information content (AvgIpc) is 3.10. The zero-order chi connectivity index (χ0) is 19.4. The SMILES string of the molecule is CC(OC(=O)c1cccc(N)c1)C(=O)Nc1nc(-c2ccc(Cl)cc2)cs1. The smallest absolute Gasteiger partial charge is 0.338 e. The van der Waals surface area contributed by atoms with Crippen LogP contribution in [0.3, 0.4) is 0 Å². The zero-order valence-corrected chi connectivity index (χ0v) is 15.9. The number of nitrogens with one attached hydrogen (secondary N) is 1. The van der Waals surface area contributed by atoms with Gasteiger partial charge in [0.15, 0.2) is 11.2 Å². The Balaban J connectivity index is 1.61. The highest BCUT2D eigenvalue weighted by Crippen LogP contribution is 2.26. The minimum atomic E-state index is -0.984. The van der Waals surface area contributed by atoms with E-state index in [-0.39, 0.29) is 5.56 Å². The van der Waals surface area contributed by atoms with E-state index in [4.69, 9.17) is 22.1 Å². The van der Waals surface area contributed by atoms with E-state index in [1.165, 1.54) is 24.3 Å². The molecule has 138 valence electrons. The highest BCUT2D eigenvalue weighted by Gasteiger charge is 2.20. The second kappa shape index (κ2) is 8.20. The number of amides is 1. The summed E-state index contributed by atoms with van der Waals surface area (Å²) in [6.45, 7) is 1.49. The van der Waals surface area contributed by atoms with Crippen molar-refractivity contribution in [3.8, 4) is 11.3 Å². The Bertz CT molecular complexity index is 972. The van der Waals surface area contributed by atoms with Crippen molar-refractivity contribution < 1.29 is 14.3 Å². The van der Waals surface area contributed by atoms with Crippen LogP contribution in [0.15, 0.2) is 53.9 Å². The molecule has 0 spiro atoms. The molecular formula is C19H16ClN3O3S. The maximum Gasteiger partial charge on any atom is 0.338 e. The second-order valence-electron chi connectivity index (χ2n) is 5.71. The standard InChI is InChI=1S/C19H16ClN3O3S/c1-11(26-18(25)13-3-2-4-15(21)9-13)17(24)23-19-22-16(10-27-19)12-5-7-14(20)8-6-12/h2-11H,21H2,1H3,(H,22,23,24). The first kappa shape index (κ1) is 18.9. The lowest BCUT2D eigenvalue weighted by atomic mass is 10.2. The number of hydrogen-bond acceptors (Lipinski definition) is 6. The third-order valence-corrected chi connectivity index (χ3v) is 4.66. The molecule has 27 heavy (non-hydrogen) atoms. The van der Waals surface area contributed by atoms with Gasteiger partial charge in [-0.25, -0.2) is 9.78 Å². The molecular weight excluding hydrogens is 386 g/mol. The van der Waals surface area contributed by atoms with Crippen LogP contribution in [-0.2, 0) is 9.53 Å². The van der Waals surface area contributed by atoms with Crippen LogP contribution in [0.1, 0.15) is 17.3 Å². The number of carbonyl (C=O) groups excluding carboxylic acids is 2. The average molecular weight is 402 g/mol. The van der Waals surface area contributed by atoms with Crippen molar-refractivity contribution in [3.63, 3.8) is 0 Å². The van der Waals surface area contributed by atoms with E-state index in [9.17, 15) is 9.59 Å². The third kappa shape index (κ3) is 4.84. The summed E-state index contributed by atoms with van der Waals surface area (Å²) in [7, 11) is 0. The summed E-state index contributed by atoms with van der Waals surface area (Å²) in [6.07, 6.45) is -0.984. The van der Waals surface area contributed by atoms with Gasteiger partial charge in [0.2, 0.25) is 0 Å². The minimum absolute atomic E-state index is 0.286. The fourth-order valence-corrected chi connectivity index (χ4v) is 3.09. The van der Waals surface area contributed by atoms with Gasteiger partial charge in [0.25, 0.3) is 5.91 Å². The van der Waals surface area contributed by atoms with Gasteiger partial charge in [0.05, 0.1) is 11.3 Å². The van der Waals surface area contributed by atoms with Crippen LogP contribution in [0.5, 0.6) is 0 Å². The number of rotatable bonds is 5. The summed E-state index contributed by atoms with van der Waals surface area (Å²) in [4.78, 5) is 28.7.